The van der Waals surface area contributed by atoms with Crippen LogP contribution in [0.4, 0.5) is 17.1 Å². The van der Waals surface area contributed by atoms with E-state index in [1.54, 1.807) is 6.92 Å². The van der Waals surface area contributed by atoms with Crippen molar-refractivity contribution in [2.75, 3.05) is 54.9 Å². The van der Waals surface area contributed by atoms with Crippen molar-refractivity contribution < 1.29 is 18.6 Å². The molecule has 0 bridgehead atoms. The number of nitrogens with one attached hydrogen (secondary N) is 2. The molecule has 0 saturated carbocycles. The van der Waals surface area contributed by atoms with E-state index in [0.29, 0.717) is 31.2 Å². The lowest BCUT2D eigenvalue weighted by Gasteiger charge is -2.33. The number of benzene rings is 2. The van der Waals surface area contributed by atoms with Gasteiger partial charge in [0.05, 0.1) is 30.6 Å². The van der Waals surface area contributed by atoms with E-state index in [2.05, 4.69) is 109 Å². The summed E-state index contributed by atoms with van der Waals surface area (Å²) in [5.41, 5.74) is 14.2. The van der Waals surface area contributed by atoms with Crippen LogP contribution in [0.1, 0.15) is 112 Å². The second kappa shape index (κ2) is 20.9. The molecule has 1 amide bonds. The van der Waals surface area contributed by atoms with Gasteiger partial charge in [0.25, 0.3) is 0 Å². The summed E-state index contributed by atoms with van der Waals surface area (Å²) in [6.45, 7) is 23.2. The van der Waals surface area contributed by atoms with Gasteiger partial charge < -0.3 is 30.0 Å². The van der Waals surface area contributed by atoms with Crippen LogP contribution < -0.4 is 20.3 Å². The van der Waals surface area contributed by atoms with Crippen molar-refractivity contribution in [3.63, 3.8) is 0 Å². The Balaban J connectivity index is 0.00000208. The average molecular weight is 819 g/mol. The molecule has 1 fully saturated rings. The third-order valence-corrected chi connectivity index (χ3v) is 12.2. The fraction of sp³-hybridized carbons (Fsp3) is 0.490. The highest BCUT2D eigenvalue weighted by Gasteiger charge is 2.28. The molecule has 9 nitrogen and oxygen atoms in total. The van der Waals surface area contributed by atoms with Crippen LogP contribution in [0.15, 0.2) is 83.5 Å². The Kier molecular flexibility index (Phi) is 15.4. The molecular weight excluding hydrogens is 745 g/mol. The predicted octanol–water partition coefficient (Wildman–Crippen LogP) is 10.9. The highest BCUT2D eigenvalue weighted by atomic mass is 16.5. The largest absolute Gasteiger partial charge is 0.474 e. The third-order valence-electron chi connectivity index (χ3n) is 12.2. The number of carbonyl (C=O) groups is 2. The minimum atomic E-state index is -0.0426. The number of carbonyl (C=O) groups excluding carboxylic acids is 2. The zero-order chi connectivity index (χ0) is 42.8. The van der Waals surface area contributed by atoms with Crippen molar-refractivity contribution >= 4 is 40.0 Å². The summed E-state index contributed by atoms with van der Waals surface area (Å²) in [4.78, 5) is 39.7. The molecule has 2 aromatic carbocycles. The number of ketones is 1. The molecule has 4 aliphatic rings. The molecule has 3 atom stereocenters. The molecule has 3 aromatic rings. The van der Waals surface area contributed by atoms with E-state index in [4.69, 9.17) is 9.73 Å². The van der Waals surface area contributed by atoms with Gasteiger partial charge in [0.2, 0.25) is 11.8 Å². The Morgan fingerprint density at radius 2 is 1.90 bits per heavy atom. The van der Waals surface area contributed by atoms with Gasteiger partial charge in [0.1, 0.15) is 24.2 Å². The normalized spacial score (nSPS) is 18.3. The fourth-order valence-electron chi connectivity index (χ4n) is 9.13. The second-order valence-corrected chi connectivity index (χ2v) is 16.9. The van der Waals surface area contributed by atoms with E-state index in [0.717, 1.165) is 112 Å². The van der Waals surface area contributed by atoms with Gasteiger partial charge in [-0.2, -0.15) is 0 Å². The summed E-state index contributed by atoms with van der Waals surface area (Å²) in [5, 5.41) is 7.18. The molecule has 0 spiro atoms. The Bertz CT molecular complexity index is 2120. The van der Waals surface area contributed by atoms with Crippen molar-refractivity contribution in [1.29, 1.82) is 0 Å². The standard InChI is InChI=1S/C49H62N6O3.C2H6.3H2/c1-7-22-54(23-8-9-36-13-18-42-38(28-36)14-19-43(42)41(32(2)3)17-10-34(5)56)47(57)29-37-11-15-40(16-12-37)52-46-27-33(4)26-39-20-24-55(31-44(39)53-46)45-30-51-49-48(35(45)6)50-21-25-58-49;1-2;;;/h11-13,15-16,18-19,26,28,30,33,41,46,50,52H,2,7-10,14,17,20-25,27,29,31H2,1,3-6H3;1-2H3;3*1H. The van der Waals surface area contributed by atoms with Crippen molar-refractivity contribution in [2.24, 2.45) is 16.8 Å². The number of nitrogens with zero attached hydrogens (tertiary/aromatic N) is 4. The minimum absolute atomic E-state index is 0. The number of aryl methyl sites for hydroxylation is 1. The van der Waals surface area contributed by atoms with Gasteiger partial charge in [-0.25, -0.2) is 4.98 Å². The quantitative estimate of drug-likeness (QED) is 0.139. The number of ether oxygens (including phenoxy) is 1. The summed E-state index contributed by atoms with van der Waals surface area (Å²) in [7, 11) is 0. The number of hydrogen-bond donors (Lipinski definition) is 2. The maximum Gasteiger partial charge on any atom is 0.237 e. The van der Waals surface area contributed by atoms with Gasteiger partial charge in [-0.05, 0) is 117 Å². The summed E-state index contributed by atoms with van der Waals surface area (Å²) in [6.07, 6.45) is 14.0. The van der Waals surface area contributed by atoms with E-state index in [-0.39, 0.29) is 28.1 Å². The van der Waals surface area contributed by atoms with Crippen molar-refractivity contribution in [2.45, 2.75) is 112 Å². The predicted molar refractivity (Wildman–Crippen MR) is 256 cm³/mol. The maximum atomic E-state index is 13.6. The molecule has 2 N–H and O–H groups in total. The fourth-order valence-corrected chi connectivity index (χ4v) is 9.13. The van der Waals surface area contributed by atoms with Crippen LogP contribution in [0.3, 0.4) is 0 Å². The van der Waals surface area contributed by atoms with Gasteiger partial charge in [-0.15, -0.1) is 0 Å². The Morgan fingerprint density at radius 1 is 1.12 bits per heavy atom. The first kappa shape index (κ1) is 44.4. The molecule has 3 aliphatic heterocycles. The third kappa shape index (κ3) is 10.9. The number of hydrogen-bond acceptors (Lipinski definition) is 8. The van der Waals surface area contributed by atoms with Crippen LogP contribution in [0.25, 0.3) is 5.57 Å². The highest BCUT2D eigenvalue weighted by Crippen LogP contribution is 2.39. The number of piperidine rings is 1. The number of allylic oxidation sites excluding steroid dienone is 4. The first-order valence-electron chi connectivity index (χ1n) is 22.6. The van der Waals surface area contributed by atoms with Crippen molar-refractivity contribution in [3.05, 3.63) is 106 Å². The topological polar surface area (TPSA) is 99.2 Å². The molecule has 4 heterocycles. The molecule has 1 saturated heterocycles. The summed E-state index contributed by atoms with van der Waals surface area (Å²) < 4.78 is 5.78. The van der Waals surface area contributed by atoms with Crippen LogP contribution in [-0.4, -0.2) is 72.8 Å². The smallest absolute Gasteiger partial charge is 0.237 e. The monoisotopic (exact) mass is 819 g/mol. The van der Waals surface area contributed by atoms with Crippen LogP contribution in [0.5, 0.6) is 5.88 Å². The number of aromatic nitrogens is 1. The molecule has 326 valence electrons. The van der Waals surface area contributed by atoms with Crippen molar-refractivity contribution in [3.8, 4) is 5.88 Å². The lowest BCUT2D eigenvalue weighted by Crippen LogP contribution is -2.38. The highest BCUT2D eigenvalue weighted by molar-refractivity contribution is 6.05. The summed E-state index contributed by atoms with van der Waals surface area (Å²) in [5.74, 6) is 1.72. The zero-order valence-electron chi connectivity index (χ0n) is 37.3. The molecule has 1 aliphatic carbocycles. The minimum Gasteiger partial charge on any atom is -0.474 e. The van der Waals surface area contributed by atoms with Gasteiger partial charge >= 0.3 is 0 Å². The molecular formula is C51H74N6O3. The number of Topliss-reactive ketones (excluding diaryl/α,β-unsaturated/α-hetero) is 1. The molecule has 7 rings (SSSR count). The zero-order valence-corrected chi connectivity index (χ0v) is 37.3. The Morgan fingerprint density at radius 3 is 2.65 bits per heavy atom. The van der Waals surface area contributed by atoms with E-state index in [9.17, 15) is 9.59 Å². The number of anilines is 3. The number of pyridine rings is 1. The maximum absolute atomic E-state index is 13.6. The first-order chi connectivity index (χ1) is 29.1. The van der Waals surface area contributed by atoms with Crippen LogP contribution >= 0.6 is 0 Å². The molecule has 60 heavy (non-hydrogen) atoms. The Labute approximate surface area is 363 Å². The van der Waals surface area contributed by atoms with Gasteiger partial charge in [-0.3, -0.25) is 9.79 Å². The van der Waals surface area contributed by atoms with Gasteiger partial charge in [-0.1, -0.05) is 82.3 Å². The molecule has 9 heteroatoms. The number of amides is 1. The molecule has 3 unspecified atom stereocenters. The number of aliphatic imine (C=N–C) groups is 1. The average Bonchev–Trinajstić information content (AvgIpc) is 3.57. The lowest BCUT2D eigenvalue weighted by molar-refractivity contribution is -0.130. The van der Waals surface area contributed by atoms with Crippen molar-refractivity contribution in [1.82, 2.24) is 9.88 Å². The van der Waals surface area contributed by atoms with E-state index in [1.165, 1.54) is 33.4 Å². The summed E-state index contributed by atoms with van der Waals surface area (Å²) in [6, 6.07) is 15.2. The SMILES string of the molecule is C=C(C)C(CCC(C)=O)C1=CCc2cc(CCCN(CCC)C(=O)Cc3ccc(NC4CC(C)C=C5CCN(c6cnc7c(c6C)NCCO7)CC5=N4)cc3)ccc21.CC.[HH].[HH].[HH]. The Hall–Kier alpha value is -5.18. The van der Waals surface area contributed by atoms with E-state index >= 15 is 0 Å². The van der Waals surface area contributed by atoms with E-state index < -0.39 is 0 Å². The molecule has 1 aromatic heterocycles. The second-order valence-electron chi connectivity index (χ2n) is 16.9. The van der Waals surface area contributed by atoms with Crippen LogP contribution in [-0.2, 0) is 28.9 Å². The van der Waals surface area contributed by atoms with Crippen LogP contribution in [0, 0.1) is 18.8 Å². The van der Waals surface area contributed by atoms with Crippen LogP contribution in [0.2, 0.25) is 0 Å². The number of fused-ring (bicyclic) bond motifs is 3. The number of rotatable bonds is 16. The van der Waals surface area contributed by atoms with E-state index in [1.807, 2.05) is 24.9 Å². The first-order valence-corrected chi connectivity index (χ1v) is 22.6. The molecule has 0 radical (unpaired) electrons. The van der Waals surface area contributed by atoms with Gasteiger partial charge in [0, 0.05) is 54.0 Å². The summed E-state index contributed by atoms with van der Waals surface area (Å²) >= 11 is 0. The lowest BCUT2D eigenvalue weighted by atomic mass is 9.84. The van der Waals surface area contributed by atoms with Gasteiger partial charge in [0.15, 0.2) is 0 Å².